The van der Waals surface area contributed by atoms with Gasteiger partial charge in [0.25, 0.3) is 0 Å². The summed E-state index contributed by atoms with van der Waals surface area (Å²) in [5, 5.41) is 0. The minimum absolute atomic E-state index is 0.192. The van der Waals surface area contributed by atoms with Gasteiger partial charge < -0.3 is 9.47 Å². The Morgan fingerprint density at radius 2 is 2.07 bits per heavy atom. The molecule has 1 atom stereocenters. The third-order valence-corrected chi connectivity index (χ3v) is 2.19. The van der Waals surface area contributed by atoms with E-state index < -0.39 is 0 Å². The molecule has 0 N–H and O–H groups in total. The fourth-order valence-electron chi connectivity index (χ4n) is 1.27. The van der Waals surface area contributed by atoms with Crippen LogP contribution in [0.5, 0.6) is 0 Å². The van der Waals surface area contributed by atoms with Crippen LogP contribution in [0.3, 0.4) is 0 Å². The molecule has 80 valence electrons. The first-order valence-electron chi connectivity index (χ1n) is 4.79. The van der Waals surface area contributed by atoms with Crippen molar-refractivity contribution < 1.29 is 14.3 Å². The van der Waals surface area contributed by atoms with E-state index in [4.69, 9.17) is 9.47 Å². The Labute approximate surface area is 84.5 Å². The van der Waals surface area contributed by atoms with Crippen LogP contribution >= 0.6 is 0 Å². The van der Waals surface area contributed by atoms with Gasteiger partial charge >= 0.3 is 5.97 Å². The van der Waals surface area contributed by atoms with Gasteiger partial charge in [0.05, 0.1) is 13.2 Å². The van der Waals surface area contributed by atoms with Gasteiger partial charge in [0.15, 0.2) is 6.23 Å². The summed E-state index contributed by atoms with van der Waals surface area (Å²) >= 11 is 0. The van der Waals surface area contributed by atoms with E-state index in [0.717, 1.165) is 13.1 Å². The average molecular weight is 199 g/mol. The van der Waals surface area contributed by atoms with Crippen molar-refractivity contribution in [2.24, 2.45) is 0 Å². The highest BCUT2D eigenvalue weighted by atomic mass is 16.6. The highest BCUT2D eigenvalue weighted by molar-refractivity contribution is 5.87. The van der Waals surface area contributed by atoms with Crippen molar-refractivity contribution in [3.63, 3.8) is 0 Å². The average Bonchev–Trinajstić information content (AvgIpc) is 2.19. The van der Waals surface area contributed by atoms with Crippen LogP contribution in [0.25, 0.3) is 0 Å². The van der Waals surface area contributed by atoms with Crippen LogP contribution in [-0.2, 0) is 14.3 Å². The van der Waals surface area contributed by atoms with Crippen LogP contribution in [0.4, 0.5) is 0 Å². The minimum Gasteiger partial charge on any atom is -0.443 e. The van der Waals surface area contributed by atoms with E-state index in [0.29, 0.717) is 18.8 Å². The van der Waals surface area contributed by atoms with Gasteiger partial charge in [-0.15, -0.1) is 0 Å². The summed E-state index contributed by atoms with van der Waals surface area (Å²) in [6.45, 7) is 10.1. The van der Waals surface area contributed by atoms with Crippen LogP contribution in [0.2, 0.25) is 0 Å². The number of ether oxygens (including phenoxy) is 2. The zero-order chi connectivity index (χ0) is 10.6. The monoisotopic (exact) mass is 199 g/mol. The molecule has 1 aliphatic heterocycles. The van der Waals surface area contributed by atoms with Crippen molar-refractivity contribution >= 4 is 5.97 Å². The van der Waals surface area contributed by atoms with E-state index in [2.05, 4.69) is 11.5 Å². The first kappa shape index (κ1) is 11.2. The van der Waals surface area contributed by atoms with Gasteiger partial charge in [-0.05, 0) is 13.8 Å². The molecule has 0 bridgehead atoms. The lowest BCUT2D eigenvalue weighted by molar-refractivity contribution is -0.156. The Kier molecular flexibility index (Phi) is 4.10. The van der Waals surface area contributed by atoms with E-state index in [1.54, 1.807) is 6.92 Å². The summed E-state index contributed by atoms with van der Waals surface area (Å²) in [7, 11) is 0. The third kappa shape index (κ3) is 3.12. The molecule has 0 aromatic heterocycles. The standard InChI is InChI=1S/C10H17NO3/c1-8(2)10(12)14-9(3)11-4-6-13-7-5-11/h9H,1,4-7H2,2-3H3. The van der Waals surface area contributed by atoms with Gasteiger partial charge in [0, 0.05) is 18.7 Å². The maximum atomic E-state index is 11.2. The van der Waals surface area contributed by atoms with E-state index >= 15 is 0 Å². The number of hydrogen-bond donors (Lipinski definition) is 0. The lowest BCUT2D eigenvalue weighted by Crippen LogP contribution is -2.44. The lowest BCUT2D eigenvalue weighted by Gasteiger charge is -2.31. The zero-order valence-corrected chi connectivity index (χ0v) is 8.78. The topological polar surface area (TPSA) is 38.8 Å². The molecule has 0 radical (unpaired) electrons. The smallest absolute Gasteiger partial charge is 0.334 e. The van der Waals surface area contributed by atoms with Crippen molar-refractivity contribution in [1.82, 2.24) is 4.90 Å². The molecule has 0 spiro atoms. The number of nitrogens with zero attached hydrogens (tertiary/aromatic N) is 1. The summed E-state index contributed by atoms with van der Waals surface area (Å²) in [5.74, 6) is -0.330. The maximum absolute atomic E-state index is 11.2. The van der Waals surface area contributed by atoms with Gasteiger partial charge in [0.2, 0.25) is 0 Å². The van der Waals surface area contributed by atoms with Crippen molar-refractivity contribution in [2.45, 2.75) is 20.1 Å². The molecule has 4 nitrogen and oxygen atoms in total. The molecule has 1 fully saturated rings. The molecule has 1 rings (SSSR count). The van der Waals surface area contributed by atoms with Crippen molar-refractivity contribution in [1.29, 1.82) is 0 Å². The second kappa shape index (κ2) is 5.12. The van der Waals surface area contributed by atoms with Crippen LogP contribution in [-0.4, -0.2) is 43.4 Å². The van der Waals surface area contributed by atoms with Crippen LogP contribution < -0.4 is 0 Å². The largest absolute Gasteiger partial charge is 0.443 e. The Hall–Kier alpha value is -0.870. The van der Waals surface area contributed by atoms with Gasteiger partial charge in [0.1, 0.15) is 0 Å². The molecule has 1 heterocycles. The highest BCUT2D eigenvalue weighted by Gasteiger charge is 2.20. The quantitative estimate of drug-likeness (QED) is 0.497. The zero-order valence-electron chi connectivity index (χ0n) is 8.78. The Morgan fingerprint density at radius 1 is 1.50 bits per heavy atom. The van der Waals surface area contributed by atoms with Crippen LogP contribution in [0.1, 0.15) is 13.8 Å². The summed E-state index contributed by atoms with van der Waals surface area (Å²) < 4.78 is 10.4. The maximum Gasteiger partial charge on any atom is 0.334 e. The minimum atomic E-state index is -0.330. The number of esters is 1. The fraction of sp³-hybridized carbons (Fsp3) is 0.700. The molecular formula is C10H17NO3. The summed E-state index contributed by atoms with van der Waals surface area (Å²) in [5.41, 5.74) is 0.435. The molecule has 1 aliphatic rings. The molecule has 0 saturated carbocycles. The normalized spacial score (nSPS) is 20.1. The van der Waals surface area contributed by atoms with E-state index in [-0.39, 0.29) is 12.2 Å². The van der Waals surface area contributed by atoms with Crippen molar-refractivity contribution in [3.05, 3.63) is 12.2 Å². The molecule has 0 aromatic rings. The third-order valence-electron chi connectivity index (χ3n) is 2.19. The van der Waals surface area contributed by atoms with Crippen molar-refractivity contribution in [2.75, 3.05) is 26.3 Å². The second-order valence-electron chi connectivity index (χ2n) is 3.43. The SMILES string of the molecule is C=C(C)C(=O)OC(C)N1CCOCC1. The number of carbonyl (C=O) groups is 1. The molecule has 1 saturated heterocycles. The molecule has 0 aromatic carbocycles. The molecule has 4 heteroatoms. The van der Waals surface area contributed by atoms with Crippen LogP contribution in [0, 0.1) is 0 Å². The van der Waals surface area contributed by atoms with E-state index in [1.165, 1.54) is 0 Å². The Bertz CT molecular complexity index is 221. The molecular weight excluding hydrogens is 182 g/mol. The van der Waals surface area contributed by atoms with E-state index in [9.17, 15) is 4.79 Å². The number of hydrogen-bond acceptors (Lipinski definition) is 4. The molecule has 14 heavy (non-hydrogen) atoms. The van der Waals surface area contributed by atoms with Crippen LogP contribution in [0.15, 0.2) is 12.2 Å². The number of carbonyl (C=O) groups excluding carboxylic acids is 1. The summed E-state index contributed by atoms with van der Waals surface area (Å²) in [6.07, 6.45) is -0.192. The molecule has 1 unspecified atom stereocenters. The highest BCUT2D eigenvalue weighted by Crippen LogP contribution is 2.06. The predicted octanol–water partition coefficient (Wildman–Crippen LogP) is 0.784. The Morgan fingerprint density at radius 3 is 2.57 bits per heavy atom. The number of rotatable bonds is 3. The van der Waals surface area contributed by atoms with Gasteiger partial charge in [-0.25, -0.2) is 4.79 Å². The van der Waals surface area contributed by atoms with E-state index in [1.807, 2.05) is 6.92 Å². The summed E-state index contributed by atoms with van der Waals surface area (Å²) in [4.78, 5) is 13.3. The van der Waals surface area contributed by atoms with Gasteiger partial charge in [-0.2, -0.15) is 0 Å². The number of morpholine rings is 1. The second-order valence-corrected chi connectivity index (χ2v) is 3.43. The molecule has 0 aliphatic carbocycles. The fourth-order valence-corrected chi connectivity index (χ4v) is 1.27. The van der Waals surface area contributed by atoms with Crippen molar-refractivity contribution in [3.8, 4) is 0 Å². The Balaban J connectivity index is 2.36. The first-order valence-corrected chi connectivity index (χ1v) is 4.79. The molecule has 0 amide bonds. The first-order chi connectivity index (χ1) is 6.61. The van der Waals surface area contributed by atoms with Gasteiger partial charge in [-0.1, -0.05) is 6.58 Å². The predicted molar refractivity (Wildman–Crippen MR) is 52.8 cm³/mol. The van der Waals surface area contributed by atoms with Gasteiger partial charge in [-0.3, -0.25) is 4.90 Å². The lowest BCUT2D eigenvalue weighted by atomic mass is 10.3. The summed E-state index contributed by atoms with van der Waals surface area (Å²) in [6, 6.07) is 0.